The molecule has 0 radical (unpaired) electrons. The van der Waals surface area contributed by atoms with Gasteiger partial charge in [0.2, 0.25) is 0 Å². The molecule has 68 valence electrons. The Morgan fingerprint density at radius 3 is 2.46 bits per heavy atom. The lowest BCUT2D eigenvalue weighted by Crippen LogP contribution is -1.89. The van der Waals surface area contributed by atoms with Gasteiger partial charge < -0.3 is 0 Å². The van der Waals surface area contributed by atoms with Crippen molar-refractivity contribution in [2.75, 3.05) is 0 Å². The van der Waals surface area contributed by atoms with Crippen molar-refractivity contribution in [1.29, 1.82) is 0 Å². The summed E-state index contributed by atoms with van der Waals surface area (Å²) in [7, 11) is 0. The molecule has 0 spiro atoms. The molecule has 0 aliphatic heterocycles. The van der Waals surface area contributed by atoms with Crippen molar-refractivity contribution in [2.45, 2.75) is 0 Å². The molecule has 0 bridgehead atoms. The Morgan fingerprint density at radius 2 is 1.92 bits per heavy atom. The highest BCUT2D eigenvalue weighted by molar-refractivity contribution is 9.10. The Hall–Kier alpha value is -1.20. The Kier molecular flexibility index (Phi) is 2.79. The van der Waals surface area contributed by atoms with Gasteiger partial charge in [-0.2, -0.15) is 0 Å². The van der Waals surface area contributed by atoms with Gasteiger partial charge in [0.15, 0.2) is 11.6 Å². The van der Waals surface area contributed by atoms with Crippen LogP contribution in [0.2, 0.25) is 0 Å². The molecule has 0 heterocycles. The molecular weight excluding hydrogens is 251 g/mol. The summed E-state index contributed by atoms with van der Waals surface area (Å²) in [5.41, 5.74) is 7.39. The first-order chi connectivity index (χ1) is 6.07. The predicted octanol–water partition coefficient (Wildman–Crippen LogP) is 3.81. The second kappa shape index (κ2) is 3.68. The zero-order valence-corrected chi connectivity index (χ0v) is 7.52. The van der Waals surface area contributed by atoms with E-state index in [2.05, 4.69) is 26.0 Å². The molecule has 0 fully saturated rings. The summed E-state index contributed by atoms with van der Waals surface area (Å²) < 4.78 is 37.5. The summed E-state index contributed by atoms with van der Waals surface area (Å²) in [5.74, 6) is -3.76. The van der Waals surface area contributed by atoms with Gasteiger partial charge in [0.1, 0.15) is 5.82 Å². The van der Waals surface area contributed by atoms with Crippen LogP contribution < -0.4 is 0 Å². The van der Waals surface area contributed by atoms with Crippen LogP contribution in [0.25, 0.3) is 10.4 Å². The molecule has 0 N–H and O–H groups in total. The lowest BCUT2D eigenvalue weighted by Gasteiger charge is -2.01. The van der Waals surface area contributed by atoms with Gasteiger partial charge in [-0.3, -0.25) is 0 Å². The van der Waals surface area contributed by atoms with Crippen molar-refractivity contribution in [2.24, 2.45) is 5.11 Å². The maximum atomic E-state index is 12.8. The molecule has 7 heteroatoms. The fourth-order valence-corrected chi connectivity index (χ4v) is 1.15. The van der Waals surface area contributed by atoms with Crippen LogP contribution in [0.5, 0.6) is 0 Å². The van der Waals surface area contributed by atoms with Crippen LogP contribution in [-0.4, -0.2) is 0 Å². The minimum Gasteiger partial charge on any atom is -0.206 e. The summed E-state index contributed by atoms with van der Waals surface area (Å²) in [6, 6.07) is 0.310. The van der Waals surface area contributed by atoms with Crippen LogP contribution >= 0.6 is 15.9 Å². The molecule has 1 aromatic rings. The first kappa shape index (κ1) is 9.88. The number of nitrogens with zero attached hydrogens (tertiary/aromatic N) is 3. The van der Waals surface area contributed by atoms with Crippen LogP contribution in [0.15, 0.2) is 15.7 Å². The molecule has 0 atom stereocenters. The van der Waals surface area contributed by atoms with Crippen molar-refractivity contribution in [3.63, 3.8) is 0 Å². The third-order valence-electron chi connectivity index (χ3n) is 1.23. The van der Waals surface area contributed by atoms with Crippen LogP contribution in [0.4, 0.5) is 18.9 Å². The highest BCUT2D eigenvalue weighted by atomic mass is 79.9. The zero-order chi connectivity index (χ0) is 10.0. The maximum Gasteiger partial charge on any atom is 0.173 e. The number of halogens is 4. The van der Waals surface area contributed by atoms with Crippen molar-refractivity contribution in [3.05, 3.63) is 38.4 Å². The van der Waals surface area contributed by atoms with E-state index in [1.54, 1.807) is 0 Å². The van der Waals surface area contributed by atoms with Gasteiger partial charge in [-0.25, -0.2) is 13.2 Å². The first-order valence-corrected chi connectivity index (χ1v) is 3.75. The van der Waals surface area contributed by atoms with E-state index in [0.29, 0.717) is 6.07 Å². The molecule has 0 unspecified atom stereocenters. The first-order valence-electron chi connectivity index (χ1n) is 2.96. The predicted molar refractivity (Wildman–Crippen MR) is 42.8 cm³/mol. The van der Waals surface area contributed by atoms with E-state index in [9.17, 15) is 13.2 Å². The monoisotopic (exact) mass is 251 g/mol. The topological polar surface area (TPSA) is 48.8 Å². The number of hydrogen-bond donors (Lipinski definition) is 0. The third kappa shape index (κ3) is 1.76. The summed E-state index contributed by atoms with van der Waals surface area (Å²) in [6.45, 7) is 0. The average molecular weight is 252 g/mol. The Labute approximate surface area is 78.9 Å². The van der Waals surface area contributed by atoms with E-state index < -0.39 is 27.6 Å². The van der Waals surface area contributed by atoms with E-state index in [1.807, 2.05) is 0 Å². The molecule has 0 saturated heterocycles. The van der Waals surface area contributed by atoms with Crippen molar-refractivity contribution in [1.82, 2.24) is 0 Å². The van der Waals surface area contributed by atoms with Crippen LogP contribution in [0.1, 0.15) is 0 Å². The van der Waals surface area contributed by atoms with Gasteiger partial charge in [-0.15, -0.1) is 0 Å². The van der Waals surface area contributed by atoms with Crippen molar-refractivity contribution >= 4 is 21.6 Å². The fourth-order valence-electron chi connectivity index (χ4n) is 0.693. The summed E-state index contributed by atoms with van der Waals surface area (Å²) in [6.07, 6.45) is 0. The highest BCUT2D eigenvalue weighted by Gasteiger charge is 2.15. The van der Waals surface area contributed by atoms with Gasteiger partial charge in [-0.1, -0.05) is 5.11 Å². The van der Waals surface area contributed by atoms with Gasteiger partial charge in [0.05, 0.1) is 10.2 Å². The molecule has 1 rings (SSSR count). The maximum absolute atomic E-state index is 12.8. The summed E-state index contributed by atoms with van der Waals surface area (Å²) in [4.78, 5) is 2.26. The number of rotatable bonds is 1. The fraction of sp³-hybridized carbons (Fsp3) is 0. The molecule has 3 nitrogen and oxygen atoms in total. The normalized spacial score (nSPS) is 9.54. The molecule has 0 aromatic heterocycles. The average Bonchev–Trinajstić information content (AvgIpc) is 2.09. The Bertz CT molecular complexity index is 401. The molecule has 0 amide bonds. The Balaban J connectivity index is 3.52. The largest absolute Gasteiger partial charge is 0.206 e. The minimum atomic E-state index is -1.35. The zero-order valence-electron chi connectivity index (χ0n) is 5.93. The minimum absolute atomic E-state index is 0.310. The van der Waals surface area contributed by atoms with Crippen LogP contribution in [0.3, 0.4) is 0 Å². The van der Waals surface area contributed by atoms with E-state index in [4.69, 9.17) is 5.53 Å². The van der Waals surface area contributed by atoms with Crippen LogP contribution in [0, 0.1) is 17.5 Å². The lowest BCUT2D eigenvalue weighted by atomic mass is 10.3. The van der Waals surface area contributed by atoms with E-state index in [-0.39, 0.29) is 0 Å². The lowest BCUT2D eigenvalue weighted by molar-refractivity contribution is 0.491. The molecule has 13 heavy (non-hydrogen) atoms. The van der Waals surface area contributed by atoms with E-state index >= 15 is 0 Å². The molecular formula is C6HBrF3N3. The third-order valence-corrected chi connectivity index (χ3v) is 1.96. The number of hydrogen-bond acceptors (Lipinski definition) is 1. The molecule has 1 aromatic carbocycles. The van der Waals surface area contributed by atoms with Gasteiger partial charge in [0.25, 0.3) is 0 Å². The van der Waals surface area contributed by atoms with Crippen molar-refractivity contribution < 1.29 is 13.2 Å². The number of azide groups is 1. The van der Waals surface area contributed by atoms with Crippen molar-refractivity contribution in [3.8, 4) is 0 Å². The SMILES string of the molecule is [N-]=[N+]=Nc1c(F)cc(F)c(F)c1Br. The summed E-state index contributed by atoms with van der Waals surface area (Å²) in [5, 5.41) is 2.86. The second-order valence-corrected chi connectivity index (χ2v) is 2.80. The van der Waals surface area contributed by atoms with Gasteiger partial charge >= 0.3 is 0 Å². The molecule has 0 aliphatic rings. The van der Waals surface area contributed by atoms with Crippen LogP contribution in [-0.2, 0) is 0 Å². The van der Waals surface area contributed by atoms with Gasteiger partial charge in [-0.05, 0) is 21.5 Å². The highest BCUT2D eigenvalue weighted by Crippen LogP contribution is 2.32. The van der Waals surface area contributed by atoms with E-state index in [0.717, 1.165) is 0 Å². The molecule has 0 saturated carbocycles. The number of benzene rings is 1. The van der Waals surface area contributed by atoms with Gasteiger partial charge in [0, 0.05) is 11.0 Å². The summed E-state index contributed by atoms with van der Waals surface area (Å²) >= 11 is 2.56. The smallest absolute Gasteiger partial charge is 0.173 e. The quantitative estimate of drug-likeness (QED) is 0.240. The second-order valence-electron chi connectivity index (χ2n) is 2.01. The standard InChI is InChI=1S/C6HBrF3N3/c7-4-5(10)2(8)1-3(9)6(4)12-13-11/h1H. The molecule has 0 aliphatic carbocycles. The van der Waals surface area contributed by atoms with E-state index in [1.165, 1.54) is 0 Å². The Morgan fingerprint density at radius 1 is 1.31 bits per heavy atom.